The van der Waals surface area contributed by atoms with E-state index in [1.54, 1.807) is 9.80 Å². The molecule has 0 aliphatic rings. The lowest BCUT2D eigenvalue weighted by molar-refractivity contribution is -0.149. The molecule has 4 aromatic carbocycles. The van der Waals surface area contributed by atoms with Crippen LogP contribution in [0.4, 0.5) is 0 Å². The highest BCUT2D eigenvalue weighted by Gasteiger charge is 2.33. The number of carbonyl (C=O) groups is 11. The highest BCUT2D eigenvalue weighted by Crippen LogP contribution is 2.19. The van der Waals surface area contributed by atoms with E-state index in [9.17, 15) is 24.3 Å². The minimum atomic E-state index is -0.640. The summed E-state index contributed by atoms with van der Waals surface area (Å²) in [6.07, 6.45) is 33.8. The number of rotatable bonds is 77. The lowest BCUT2D eigenvalue weighted by atomic mass is 10.1. The summed E-state index contributed by atoms with van der Waals surface area (Å²) in [5.41, 5.74) is 21.6. The van der Waals surface area contributed by atoms with Gasteiger partial charge in [-0.05, 0) is 86.6 Å². The average molecular weight is 1770 g/mol. The van der Waals surface area contributed by atoms with E-state index < -0.39 is 92.4 Å². The van der Waals surface area contributed by atoms with Crippen LogP contribution in [-0.2, 0) is 78.4 Å². The maximum Gasteiger partial charge on any atom is 0.242 e. The van der Waals surface area contributed by atoms with Gasteiger partial charge in [0.1, 0.15) is 0 Å². The molecule has 0 heterocycles. The van der Waals surface area contributed by atoms with Crippen molar-refractivity contribution in [2.75, 3.05) is 164 Å². The van der Waals surface area contributed by atoms with Crippen LogP contribution in [0.15, 0.2) is 121 Å². The van der Waals surface area contributed by atoms with Crippen LogP contribution >= 0.6 is 0 Å². The van der Waals surface area contributed by atoms with Gasteiger partial charge in [-0.2, -0.15) is 0 Å². The SMILES string of the molecule is CCCCCCCCCCN(CC(N)=O)C(=O)CN(CCCCCCCCCC)C(=O)CN(CCCCCCCCCC)C(=O)CN(CCCCCCCCCC)C(=O)CN(CCc1ccccc1)C(=O)CN(CCc1ccccc1)C(=O)CN(CCN)C(=O)CN(CCc1ccccc1)C(=O)CN(CCc1ccccc1)C(=O)CN(CCN)C(=O)CNCCCO. The minimum absolute atomic E-state index is 0.0188. The summed E-state index contributed by atoms with van der Waals surface area (Å²) in [6.45, 7) is 5.91. The molecule has 0 atom stereocenters. The Labute approximate surface area is 762 Å². The van der Waals surface area contributed by atoms with Crippen molar-refractivity contribution in [3.8, 4) is 0 Å². The van der Waals surface area contributed by atoms with Crippen LogP contribution < -0.4 is 22.5 Å². The maximum atomic E-state index is 15.7. The van der Waals surface area contributed by atoms with Crippen LogP contribution in [0.1, 0.15) is 262 Å². The quantitative estimate of drug-likeness (QED) is 0.0257. The van der Waals surface area contributed by atoms with Crippen molar-refractivity contribution in [3.63, 3.8) is 0 Å². The number of benzene rings is 4. The van der Waals surface area contributed by atoms with Gasteiger partial charge < -0.3 is 76.6 Å². The number of amides is 11. The van der Waals surface area contributed by atoms with Crippen molar-refractivity contribution in [3.05, 3.63) is 144 Å². The van der Waals surface area contributed by atoms with E-state index in [2.05, 4.69) is 33.0 Å². The van der Waals surface area contributed by atoms with Gasteiger partial charge in [-0.3, -0.25) is 52.7 Å². The van der Waals surface area contributed by atoms with Crippen molar-refractivity contribution in [1.29, 1.82) is 0 Å². The number of nitrogens with two attached hydrogens (primary N) is 3. The van der Waals surface area contributed by atoms with Gasteiger partial charge in [0, 0.05) is 85.1 Å². The van der Waals surface area contributed by atoms with Crippen LogP contribution in [0.5, 0.6) is 0 Å². The number of nitrogens with zero attached hydrogens (tertiary/aromatic N) is 10. The summed E-state index contributed by atoms with van der Waals surface area (Å²) in [4.78, 5) is 178. The van der Waals surface area contributed by atoms with E-state index in [1.807, 2.05) is 121 Å². The molecular weight excluding hydrogens is 1600 g/mol. The summed E-state index contributed by atoms with van der Waals surface area (Å²) in [6, 6.07) is 37.9. The third-order valence-electron chi connectivity index (χ3n) is 23.6. The van der Waals surface area contributed by atoms with Gasteiger partial charge in [0.05, 0.1) is 72.0 Å². The molecule has 26 heteroatoms. The fourth-order valence-electron chi connectivity index (χ4n) is 15.7. The topological polar surface area (TPSA) is 330 Å². The molecule has 0 aliphatic carbocycles. The number of carbonyl (C=O) groups excluding carboxylic acids is 11. The van der Waals surface area contributed by atoms with Crippen LogP contribution in [0, 0.1) is 0 Å². The van der Waals surface area contributed by atoms with Crippen LogP contribution in [0.25, 0.3) is 0 Å². The van der Waals surface area contributed by atoms with Crippen molar-refractivity contribution >= 4 is 65.0 Å². The zero-order valence-corrected chi connectivity index (χ0v) is 78.5. The first-order valence-corrected chi connectivity index (χ1v) is 48.7. The molecule has 0 spiro atoms. The first-order valence-electron chi connectivity index (χ1n) is 48.7. The van der Waals surface area contributed by atoms with Gasteiger partial charge in [-0.15, -0.1) is 0 Å². The molecule has 0 saturated carbocycles. The molecule has 710 valence electrons. The Morgan fingerprint density at radius 1 is 0.244 bits per heavy atom. The van der Waals surface area contributed by atoms with Crippen molar-refractivity contribution in [1.82, 2.24) is 54.3 Å². The molecule has 0 aliphatic heterocycles. The smallest absolute Gasteiger partial charge is 0.242 e. The third-order valence-corrected chi connectivity index (χ3v) is 23.6. The Morgan fingerprint density at radius 3 is 0.638 bits per heavy atom. The number of unbranched alkanes of at least 4 members (excludes halogenated alkanes) is 28. The zero-order chi connectivity index (χ0) is 92.1. The largest absolute Gasteiger partial charge is 0.396 e. The predicted octanol–water partition coefficient (Wildman–Crippen LogP) is 12.2. The van der Waals surface area contributed by atoms with Gasteiger partial charge in [-0.25, -0.2) is 0 Å². The van der Waals surface area contributed by atoms with E-state index in [1.165, 1.54) is 58.5 Å². The molecule has 0 unspecified atom stereocenters. The Bertz CT molecular complexity index is 3640. The number of nitrogens with one attached hydrogen (secondary N) is 1. The van der Waals surface area contributed by atoms with E-state index in [0.717, 1.165) is 183 Å². The van der Waals surface area contributed by atoms with E-state index >= 15 is 33.6 Å². The van der Waals surface area contributed by atoms with Gasteiger partial charge in [-0.1, -0.05) is 329 Å². The Balaban J connectivity index is 1.77. The summed E-state index contributed by atoms with van der Waals surface area (Å²) < 4.78 is 0. The first kappa shape index (κ1) is 110. The number of aliphatic hydroxyl groups is 1. The first-order chi connectivity index (χ1) is 61.8. The fraction of sp³-hybridized carbons (Fsp3) is 0.653. The standard InChI is InChI=1S/C101H164N14O12/c1-5-9-13-17-21-25-29-45-65-106(77-91(104)117)93(119)78-107(66-46-30-26-22-18-14-10-6-2)94(120)79-108(67-47-31-27-23-19-15-11-7-3)95(121)80-109(68-48-32-28-24-20-16-12-8-4)96(122)81-110(69-58-87-50-37-33-38-51-87)97(123)83-112(71-60-89-54-41-35-42-55-89)100(126)86-115(74-63-103)101(127)84-113(72-61-90-56-43-36-44-57-90)98(124)82-111(70-59-88-52-39-34-40-53-88)99(125)85-114(73-62-102)92(118)76-105-64-49-75-116/h33-44,50-57,105,116H,5-32,45-49,58-86,102-103H2,1-4H3,(H2,104,117). The zero-order valence-electron chi connectivity index (χ0n) is 78.5. The molecule has 11 amide bonds. The molecule has 0 bridgehead atoms. The minimum Gasteiger partial charge on any atom is -0.396 e. The lowest BCUT2D eigenvalue weighted by Crippen LogP contribution is -2.54. The highest BCUT2D eigenvalue weighted by molar-refractivity contribution is 5.95. The molecule has 8 N–H and O–H groups in total. The lowest BCUT2D eigenvalue weighted by Gasteiger charge is -2.33. The molecular formula is C101H164N14O12. The summed E-state index contributed by atoms with van der Waals surface area (Å²) >= 11 is 0. The van der Waals surface area contributed by atoms with Gasteiger partial charge >= 0.3 is 0 Å². The maximum absolute atomic E-state index is 15.7. The Hall–Kier alpha value is -9.11. The summed E-state index contributed by atoms with van der Waals surface area (Å²) in [5.74, 6) is -5.62. The van der Waals surface area contributed by atoms with E-state index in [4.69, 9.17) is 17.2 Å². The predicted molar refractivity (Wildman–Crippen MR) is 509 cm³/mol. The highest BCUT2D eigenvalue weighted by atomic mass is 16.3. The van der Waals surface area contributed by atoms with Crippen molar-refractivity contribution in [2.45, 2.75) is 265 Å². The second-order valence-electron chi connectivity index (χ2n) is 34.3. The molecule has 127 heavy (non-hydrogen) atoms. The van der Waals surface area contributed by atoms with Crippen molar-refractivity contribution in [2.24, 2.45) is 17.2 Å². The fourth-order valence-corrected chi connectivity index (χ4v) is 15.7. The molecule has 0 saturated heterocycles. The van der Waals surface area contributed by atoms with Gasteiger partial charge in [0.15, 0.2) is 0 Å². The summed E-state index contributed by atoms with van der Waals surface area (Å²) in [7, 11) is 0. The van der Waals surface area contributed by atoms with Crippen LogP contribution in [0.3, 0.4) is 0 Å². The second-order valence-corrected chi connectivity index (χ2v) is 34.3. The normalized spacial score (nSPS) is 11.1. The Kier molecular flexibility index (Phi) is 61.5. The van der Waals surface area contributed by atoms with Gasteiger partial charge in [0.25, 0.3) is 0 Å². The van der Waals surface area contributed by atoms with Crippen LogP contribution in [0.2, 0.25) is 0 Å². The average Bonchev–Trinajstić information content (AvgIpc) is 0.848. The second kappa shape index (κ2) is 70.8. The number of hydrogen-bond acceptors (Lipinski definition) is 15. The van der Waals surface area contributed by atoms with E-state index in [0.29, 0.717) is 70.9 Å². The monoisotopic (exact) mass is 1770 g/mol. The molecule has 0 radical (unpaired) electrons. The third kappa shape index (κ3) is 50.4. The number of hydrogen-bond donors (Lipinski definition) is 5. The molecule has 4 aromatic rings. The molecule has 0 fully saturated rings. The molecule has 4 rings (SSSR count). The van der Waals surface area contributed by atoms with Gasteiger partial charge in [0.2, 0.25) is 65.0 Å². The number of aliphatic hydroxyl groups excluding tert-OH is 1. The van der Waals surface area contributed by atoms with Crippen LogP contribution in [-0.4, -0.2) is 283 Å². The van der Waals surface area contributed by atoms with E-state index in [-0.39, 0.29) is 123 Å². The molecule has 0 aromatic heterocycles. The summed E-state index contributed by atoms with van der Waals surface area (Å²) in [5, 5.41) is 12.3. The Morgan fingerprint density at radius 2 is 0.433 bits per heavy atom. The number of primary amides is 1. The molecule has 26 nitrogen and oxygen atoms in total. The van der Waals surface area contributed by atoms with Crippen molar-refractivity contribution < 1.29 is 57.8 Å².